The normalized spacial score (nSPS) is 13.5. The molecule has 3 heteroatoms. The van der Waals surface area contributed by atoms with Crippen molar-refractivity contribution in [3.63, 3.8) is 0 Å². The average Bonchev–Trinajstić information content (AvgIpc) is 1.98. The predicted octanol–water partition coefficient (Wildman–Crippen LogP) is 1.71. The van der Waals surface area contributed by atoms with Gasteiger partial charge in [0.15, 0.2) is 6.29 Å². The summed E-state index contributed by atoms with van der Waals surface area (Å²) in [6.07, 6.45) is 1.95. The van der Waals surface area contributed by atoms with Crippen molar-refractivity contribution in [3.05, 3.63) is 0 Å². The summed E-state index contributed by atoms with van der Waals surface area (Å²) in [6, 6.07) is 0. The van der Waals surface area contributed by atoms with Gasteiger partial charge in [-0.3, -0.25) is 0 Å². The van der Waals surface area contributed by atoms with Crippen molar-refractivity contribution in [1.82, 2.24) is 0 Å². The third-order valence-electron chi connectivity index (χ3n) is 1.21. The Labute approximate surface area is 68.3 Å². The van der Waals surface area contributed by atoms with Crippen LogP contribution in [-0.2, 0) is 9.47 Å². The van der Waals surface area contributed by atoms with Crippen molar-refractivity contribution >= 4 is 12.6 Å². The zero-order valence-electron chi connectivity index (χ0n) is 6.67. The number of hydrogen-bond acceptors (Lipinski definition) is 3. The van der Waals surface area contributed by atoms with Crippen LogP contribution in [0.3, 0.4) is 0 Å². The molecular weight excluding hydrogens is 148 g/mol. The Balaban J connectivity index is 3.21. The Kier molecular flexibility index (Phi) is 7.58. The van der Waals surface area contributed by atoms with Crippen molar-refractivity contribution in [2.24, 2.45) is 0 Å². The monoisotopic (exact) mass is 164 g/mol. The second-order valence-electron chi connectivity index (χ2n) is 1.99. The molecule has 10 heavy (non-hydrogen) atoms. The lowest BCUT2D eigenvalue weighted by Gasteiger charge is -2.13. The van der Waals surface area contributed by atoms with Crippen molar-refractivity contribution < 1.29 is 9.47 Å². The van der Waals surface area contributed by atoms with Crippen molar-refractivity contribution in [1.29, 1.82) is 0 Å². The maximum atomic E-state index is 5.24. The third kappa shape index (κ3) is 5.09. The van der Waals surface area contributed by atoms with Crippen molar-refractivity contribution in [3.8, 4) is 0 Å². The molecule has 0 aliphatic carbocycles. The van der Waals surface area contributed by atoms with Gasteiger partial charge in [-0.05, 0) is 25.5 Å². The van der Waals surface area contributed by atoms with E-state index in [4.69, 9.17) is 9.47 Å². The van der Waals surface area contributed by atoms with E-state index < -0.39 is 0 Å². The van der Waals surface area contributed by atoms with E-state index >= 15 is 0 Å². The molecule has 1 unspecified atom stereocenters. The first-order chi connectivity index (χ1) is 4.85. The Morgan fingerprint density at radius 1 is 1.50 bits per heavy atom. The predicted molar refractivity (Wildman–Crippen MR) is 45.5 cm³/mol. The van der Waals surface area contributed by atoms with Gasteiger partial charge in [0.25, 0.3) is 0 Å². The van der Waals surface area contributed by atoms with Gasteiger partial charge in [-0.25, -0.2) is 0 Å². The molecule has 62 valence electrons. The molecule has 0 saturated carbocycles. The minimum absolute atomic E-state index is 0.0304. The molecule has 0 radical (unpaired) electrons. The lowest BCUT2D eigenvalue weighted by molar-refractivity contribution is -0.123. The molecular formula is C7H16O2S. The molecule has 0 N–H and O–H groups in total. The Morgan fingerprint density at radius 2 is 2.20 bits per heavy atom. The van der Waals surface area contributed by atoms with Gasteiger partial charge in [-0.15, -0.1) is 0 Å². The zero-order chi connectivity index (χ0) is 7.82. The van der Waals surface area contributed by atoms with Gasteiger partial charge in [-0.2, -0.15) is 12.6 Å². The van der Waals surface area contributed by atoms with Gasteiger partial charge >= 0.3 is 0 Å². The van der Waals surface area contributed by atoms with Crippen LogP contribution >= 0.6 is 12.6 Å². The van der Waals surface area contributed by atoms with E-state index in [1.165, 1.54) is 0 Å². The van der Waals surface area contributed by atoms with Crippen LogP contribution in [0.1, 0.15) is 19.8 Å². The van der Waals surface area contributed by atoms with E-state index in [-0.39, 0.29) is 6.29 Å². The van der Waals surface area contributed by atoms with Gasteiger partial charge in [0.1, 0.15) is 0 Å². The molecule has 2 nitrogen and oxygen atoms in total. The summed E-state index contributed by atoms with van der Waals surface area (Å²) in [6.45, 7) is 2.68. The van der Waals surface area contributed by atoms with Gasteiger partial charge in [0.2, 0.25) is 0 Å². The summed E-state index contributed by atoms with van der Waals surface area (Å²) in [5, 5.41) is 0. The number of rotatable bonds is 6. The van der Waals surface area contributed by atoms with Crippen LogP contribution in [-0.4, -0.2) is 25.8 Å². The molecule has 0 heterocycles. The molecule has 0 aromatic heterocycles. The van der Waals surface area contributed by atoms with E-state index in [0.717, 1.165) is 18.6 Å². The van der Waals surface area contributed by atoms with Crippen molar-refractivity contribution in [2.45, 2.75) is 26.1 Å². The fraction of sp³-hybridized carbons (Fsp3) is 1.00. The molecule has 0 amide bonds. The smallest absolute Gasteiger partial charge is 0.157 e. The minimum atomic E-state index is -0.0304. The number of thiol groups is 1. The number of ether oxygens (including phenoxy) is 2. The van der Waals surface area contributed by atoms with Gasteiger partial charge < -0.3 is 9.47 Å². The van der Waals surface area contributed by atoms with Crippen LogP contribution in [0.15, 0.2) is 0 Å². The van der Waals surface area contributed by atoms with Crippen LogP contribution < -0.4 is 0 Å². The SMILES string of the molecule is CCOC(CCCS)OC. The topological polar surface area (TPSA) is 18.5 Å². The second kappa shape index (κ2) is 7.38. The molecule has 0 aromatic rings. The third-order valence-corrected chi connectivity index (χ3v) is 1.53. The highest BCUT2D eigenvalue weighted by molar-refractivity contribution is 7.80. The standard InChI is InChI=1S/C7H16O2S/c1-3-9-7(8-2)5-4-6-10/h7,10H,3-6H2,1-2H3. The largest absolute Gasteiger partial charge is 0.356 e. The molecule has 0 aromatic carbocycles. The fourth-order valence-electron chi connectivity index (χ4n) is 0.713. The molecule has 0 fully saturated rings. The highest BCUT2D eigenvalue weighted by atomic mass is 32.1. The molecule has 0 aliphatic heterocycles. The van der Waals surface area contributed by atoms with Gasteiger partial charge in [-0.1, -0.05) is 0 Å². The highest BCUT2D eigenvalue weighted by Gasteiger charge is 2.03. The molecule has 0 saturated heterocycles. The molecule has 0 rings (SSSR count). The average molecular weight is 164 g/mol. The van der Waals surface area contributed by atoms with Crippen LogP contribution in [0, 0.1) is 0 Å². The second-order valence-corrected chi connectivity index (χ2v) is 2.43. The summed E-state index contributed by atoms with van der Waals surface area (Å²) >= 11 is 4.09. The number of methoxy groups -OCH3 is 1. The van der Waals surface area contributed by atoms with E-state index in [1.807, 2.05) is 6.92 Å². The maximum Gasteiger partial charge on any atom is 0.157 e. The minimum Gasteiger partial charge on any atom is -0.356 e. The lowest BCUT2D eigenvalue weighted by Crippen LogP contribution is -2.14. The molecule has 0 aliphatic rings. The summed E-state index contributed by atoms with van der Waals surface area (Å²) in [5.74, 6) is 0.896. The van der Waals surface area contributed by atoms with Gasteiger partial charge in [0.05, 0.1) is 0 Å². The highest BCUT2D eigenvalue weighted by Crippen LogP contribution is 2.03. The van der Waals surface area contributed by atoms with E-state index in [2.05, 4.69) is 12.6 Å². The molecule has 1 atom stereocenters. The first kappa shape index (κ1) is 10.3. The van der Waals surface area contributed by atoms with E-state index in [0.29, 0.717) is 6.61 Å². The molecule has 0 bridgehead atoms. The Morgan fingerprint density at radius 3 is 2.60 bits per heavy atom. The quantitative estimate of drug-likeness (QED) is 0.476. The van der Waals surface area contributed by atoms with Crippen molar-refractivity contribution in [2.75, 3.05) is 19.5 Å². The Hall–Kier alpha value is 0.270. The van der Waals surface area contributed by atoms with Crippen LogP contribution in [0.4, 0.5) is 0 Å². The van der Waals surface area contributed by atoms with E-state index in [9.17, 15) is 0 Å². The van der Waals surface area contributed by atoms with Crippen LogP contribution in [0.2, 0.25) is 0 Å². The maximum absolute atomic E-state index is 5.24. The fourth-order valence-corrected chi connectivity index (χ4v) is 0.896. The summed E-state index contributed by atoms with van der Waals surface area (Å²) in [5.41, 5.74) is 0. The summed E-state index contributed by atoms with van der Waals surface area (Å²) in [4.78, 5) is 0. The van der Waals surface area contributed by atoms with Crippen LogP contribution in [0.5, 0.6) is 0 Å². The zero-order valence-corrected chi connectivity index (χ0v) is 7.56. The number of hydrogen-bond donors (Lipinski definition) is 1. The Bertz CT molecular complexity index is 68.6. The van der Waals surface area contributed by atoms with Gasteiger partial charge in [0, 0.05) is 13.7 Å². The first-order valence-electron chi connectivity index (χ1n) is 3.60. The summed E-state index contributed by atoms with van der Waals surface area (Å²) in [7, 11) is 1.67. The van der Waals surface area contributed by atoms with E-state index in [1.54, 1.807) is 7.11 Å². The first-order valence-corrected chi connectivity index (χ1v) is 4.23. The lowest BCUT2D eigenvalue weighted by atomic mass is 10.3. The van der Waals surface area contributed by atoms with Crippen LogP contribution in [0.25, 0.3) is 0 Å². The summed E-state index contributed by atoms with van der Waals surface area (Å²) < 4.78 is 10.3. The molecule has 0 spiro atoms.